The smallest absolute Gasteiger partial charge is 0.408 e. The number of rotatable bonds is 6. The van der Waals surface area contributed by atoms with E-state index in [2.05, 4.69) is 5.32 Å². The summed E-state index contributed by atoms with van der Waals surface area (Å²) < 4.78 is 9.96. The average Bonchev–Trinajstić information content (AvgIpc) is 2.80. The number of alkyl carbamates (subject to hydrolysis) is 1. The van der Waals surface area contributed by atoms with Crippen molar-refractivity contribution in [3.8, 4) is 0 Å². The Hall–Kier alpha value is -2.05. The van der Waals surface area contributed by atoms with Crippen LogP contribution in [0.25, 0.3) is 0 Å². The summed E-state index contributed by atoms with van der Waals surface area (Å²) in [5.41, 5.74) is -0.579. The van der Waals surface area contributed by atoms with Gasteiger partial charge in [-0.3, -0.25) is 9.59 Å². The van der Waals surface area contributed by atoms with Gasteiger partial charge in [-0.25, -0.2) is 4.79 Å². The number of nitrogens with one attached hydrogen (secondary N) is 1. The number of hydrogen-bond acceptors (Lipinski definition) is 5. The third-order valence-corrected chi connectivity index (χ3v) is 3.28. The first-order valence-electron chi connectivity index (χ1n) is 7.69. The summed E-state index contributed by atoms with van der Waals surface area (Å²) in [6.45, 7) is 7.10. The maximum atomic E-state index is 11.7. The largest absolute Gasteiger partial charge is 0.481 e. The van der Waals surface area contributed by atoms with Crippen LogP contribution in [-0.2, 0) is 19.1 Å². The van der Waals surface area contributed by atoms with E-state index in [-0.39, 0.29) is 25.0 Å². The maximum Gasteiger partial charge on any atom is 0.408 e. The number of carboxylic acid groups (broad SMARTS) is 1. The zero-order valence-corrected chi connectivity index (χ0v) is 14.0. The van der Waals surface area contributed by atoms with Gasteiger partial charge in [-0.2, -0.15) is 0 Å². The number of carboxylic acids is 1. The monoisotopic (exact) mass is 327 g/mol. The van der Waals surface area contributed by atoms with Gasteiger partial charge in [0.1, 0.15) is 5.60 Å². The van der Waals surface area contributed by atoms with Crippen molar-refractivity contribution in [1.29, 1.82) is 0 Å². The standard InChI is InChI=1S/C16H25NO6/c1-5-22-14(20)12(13(18)19)9-10-6-7-11(8-10)17-15(21)23-16(2,3)4/h6-7,10-12H,5,8-9H2,1-4H3,(H,17,21)(H,18,19). The minimum atomic E-state index is -1.19. The number of carbonyl (C=O) groups is 3. The summed E-state index contributed by atoms with van der Waals surface area (Å²) in [6.07, 6.45) is 3.77. The van der Waals surface area contributed by atoms with Gasteiger partial charge < -0.3 is 19.9 Å². The molecule has 1 rings (SSSR count). The highest BCUT2D eigenvalue weighted by molar-refractivity contribution is 5.93. The Morgan fingerprint density at radius 1 is 1.30 bits per heavy atom. The highest BCUT2D eigenvalue weighted by Gasteiger charge is 2.32. The zero-order valence-electron chi connectivity index (χ0n) is 14.0. The lowest BCUT2D eigenvalue weighted by Crippen LogP contribution is -2.38. The first-order chi connectivity index (χ1) is 10.6. The lowest BCUT2D eigenvalue weighted by Gasteiger charge is -2.22. The average molecular weight is 327 g/mol. The molecule has 1 aliphatic carbocycles. The Labute approximate surface area is 136 Å². The van der Waals surface area contributed by atoms with Gasteiger partial charge in [0.2, 0.25) is 0 Å². The van der Waals surface area contributed by atoms with E-state index in [0.29, 0.717) is 6.42 Å². The second-order valence-corrected chi connectivity index (χ2v) is 6.51. The third-order valence-electron chi connectivity index (χ3n) is 3.28. The fourth-order valence-electron chi connectivity index (χ4n) is 2.36. The van der Waals surface area contributed by atoms with E-state index in [1.807, 2.05) is 6.08 Å². The van der Waals surface area contributed by atoms with Gasteiger partial charge in [0.05, 0.1) is 12.6 Å². The number of aliphatic carboxylic acids is 1. The van der Waals surface area contributed by atoms with Gasteiger partial charge in [0.25, 0.3) is 0 Å². The van der Waals surface area contributed by atoms with Crippen molar-refractivity contribution in [3.05, 3.63) is 12.2 Å². The van der Waals surface area contributed by atoms with Crippen LogP contribution in [0.5, 0.6) is 0 Å². The molecule has 0 fully saturated rings. The number of ether oxygens (including phenoxy) is 2. The van der Waals surface area contributed by atoms with Crippen molar-refractivity contribution in [2.45, 2.75) is 52.2 Å². The first-order valence-corrected chi connectivity index (χ1v) is 7.69. The molecule has 0 aromatic carbocycles. The number of hydrogen-bond donors (Lipinski definition) is 2. The van der Waals surface area contributed by atoms with Crippen molar-refractivity contribution in [2.75, 3.05) is 6.61 Å². The van der Waals surface area contributed by atoms with Crippen LogP contribution in [0.2, 0.25) is 0 Å². The molecule has 23 heavy (non-hydrogen) atoms. The second-order valence-electron chi connectivity index (χ2n) is 6.51. The molecule has 3 atom stereocenters. The molecule has 0 bridgehead atoms. The van der Waals surface area contributed by atoms with Crippen molar-refractivity contribution in [3.63, 3.8) is 0 Å². The van der Waals surface area contributed by atoms with Crippen LogP contribution in [0.15, 0.2) is 12.2 Å². The van der Waals surface area contributed by atoms with Gasteiger partial charge in [0, 0.05) is 0 Å². The Morgan fingerprint density at radius 3 is 2.48 bits per heavy atom. The van der Waals surface area contributed by atoms with Crippen LogP contribution < -0.4 is 5.32 Å². The fourth-order valence-corrected chi connectivity index (χ4v) is 2.36. The van der Waals surface area contributed by atoms with Crippen molar-refractivity contribution in [1.82, 2.24) is 5.32 Å². The number of esters is 1. The molecule has 7 nitrogen and oxygen atoms in total. The van der Waals surface area contributed by atoms with Gasteiger partial charge in [-0.05, 0) is 46.5 Å². The molecule has 2 N–H and O–H groups in total. The van der Waals surface area contributed by atoms with E-state index in [1.54, 1.807) is 33.8 Å². The summed E-state index contributed by atoms with van der Waals surface area (Å²) in [5.74, 6) is -3.22. The van der Waals surface area contributed by atoms with Gasteiger partial charge in [0.15, 0.2) is 5.92 Å². The number of allylic oxidation sites excluding steroid dienone is 1. The SMILES string of the molecule is CCOC(=O)C(CC1C=CC(NC(=O)OC(C)(C)C)C1)C(=O)O. The molecular formula is C16H25NO6. The molecule has 0 aliphatic heterocycles. The Bertz CT molecular complexity index is 479. The Morgan fingerprint density at radius 2 is 1.96 bits per heavy atom. The van der Waals surface area contributed by atoms with Crippen molar-refractivity contribution < 1.29 is 29.0 Å². The molecule has 0 radical (unpaired) electrons. The maximum absolute atomic E-state index is 11.7. The van der Waals surface area contributed by atoms with Gasteiger partial charge in [-0.15, -0.1) is 0 Å². The molecule has 0 aromatic heterocycles. The molecule has 0 heterocycles. The highest BCUT2D eigenvalue weighted by atomic mass is 16.6. The van der Waals surface area contributed by atoms with Crippen molar-refractivity contribution >= 4 is 18.0 Å². The van der Waals surface area contributed by atoms with Crippen molar-refractivity contribution in [2.24, 2.45) is 11.8 Å². The summed E-state index contributed by atoms with van der Waals surface area (Å²) in [6, 6.07) is -0.230. The Kier molecular flexibility index (Phi) is 6.60. The topological polar surface area (TPSA) is 102 Å². The molecule has 0 aromatic rings. The fraction of sp³-hybridized carbons (Fsp3) is 0.688. The predicted molar refractivity (Wildman–Crippen MR) is 82.8 cm³/mol. The van der Waals surface area contributed by atoms with Gasteiger partial charge in [-0.1, -0.05) is 12.2 Å². The molecule has 1 amide bonds. The summed E-state index contributed by atoms with van der Waals surface area (Å²) in [7, 11) is 0. The minimum Gasteiger partial charge on any atom is -0.481 e. The molecule has 130 valence electrons. The van der Waals surface area contributed by atoms with E-state index in [4.69, 9.17) is 14.6 Å². The van der Waals surface area contributed by atoms with E-state index >= 15 is 0 Å². The molecule has 3 unspecified atom stereocenters. The zero-order chi connectivity index (χ0) is 17.6. The third kappa shape index (κ3) is 6.71. The molecular weight excluding hydrogens is 302 g/mol. The van der Waals surface area contributed by atoms with Crippen LogP contribution in [0.1, 0.15) is 40.5 Å². The number of amides is 1. The second kappa shape index (κ2) is 7.99. The lowest BCUT2D eigenvalue weighted by molar-refractivity contribution is -0.159. The first kappa shape index (κ1) is 19.0. The molecule has 0 saturated carbocycles. The normalized spacial score (nSPS) is 21.6. The highest BCUT2D eigenvalue weighted by Crippen LogP contribution is 2.26. The van der Waals surface area contributed by atoms with Crippen LogP contribution in [-0.4, -0.2) is 41.4 Å². The van der Waals surface area contributed by atoms with E-state index in [1.165, 1.54) is 0 Å². The summed E-state index contributed by atoms with van der Waals surface area (Å²) in [5, 5.41) is 11.9. The van der Waals surface area contributed by atoms with Crippen LogP contribution in [0, 0.1) is 11.8 Å². The van der Waals surface area contributed by atoms with E-state index in [9.17, 15) is 14.4 Å². The summed E-state index contributed by atoms with van der Waals surface area (Å²) >= 11 is 0. The molecule has 0 spiro atoms. The van der Waals surface area contributed by atoms with Crippen LogP contribution >= 0.6 is 0 Å². The predicted octanol–water partition coefficient (Wildman–Crippen LogP) is 2.11. The molecule has 1 aliphatic rings. The molecule has 7 heteroatoms. The minimum absolute atomic E-state index is 0.111. The van der Waals surface area contributed by atoms with Crippen LogP contribution in [0.3, 0.4) is 0 Å². The number of carbonyl (C=O) groups excluding carboxylic acids is 2. The van der Waals surface area contributed by atoms with Crippen LogP contribution in [0.4, 0.5) is 4.79 Å². The van der Waals surface area contributed by atoms with E-state index in [0.717, 1.165) is 0 Å². The van der Waals surface area contributed by atoms with Gasteiger partial charge >= 0.3 is 18.0 Å². The van der Waals surface area contributed by atoms with E-state index < -0.39 is 29.6 Å². The summed E-state index contributed by atoms with van der Waals surface area (Å²) in [4.78, 5) is 34.6. The lowest BCUT2D eigenvalue weighted by atomic mass is 9.93. The quantitative estimate of drug-likeness (QED) is 0.440. The Balaban J connectivity index is 2.50. The molecule has 0 saturated heterocycles.